The van der Waals surface area contributed by atoms with Crippen molar-refractivity contribution in [2.75, 3.05) is 0 Å². The number of hydrogen-bond donors (Lipinski definition) is 2. The third kappa shape index (κ3) is 3.51. The van der Waals surface area contributed by atoms with Crippen LogP contribution < -0.4 is 5.43 Å². The van der Waals surface area contributed by atoms with Crippen molar-refractivity contribution >= 4 is 23.5 Å². The van der Waals surface area contributed by atoms with Crippen molar-refractivity contribution in [1.29, 1.82) is 0 Å². The molecule has 1 amide bonds. The molecule has 0 aromatic carbocycles. The molecule has 0 saturated carbocycles. The second kappa shape index (κ2) is 5.36. The number of hydrazone groups is 1. The predicted octanol–water partition coefficient (Wildman–Crippen LogP) is 2.53. The van der Waals surface area contributed by atoms with Crippen LogP contribution in [0.25, 0.3) is 0 Å². The molecule has 0 radical (unpaired) electrons. The maximum Gasteiger partial charge on any atom is 0.291 e. The van der Waals surface area contributed by atoms with E-state index >= 15 is 0 Å². The minimum absolute atomic E-state index is 0.0637. The van der Waals surface area contributed by atoms with E-state index in [-0.39, 0.29) is 11.3 Å². The molecule has 2 rings (SSSR count). The summed E-state index contributed by atoms with van der Waals surface area (Å²) >= 11 is 1.56. The van der Waals surface area contributed by atoms with Gasteiger partial charge in [-0.05, 0) is 17.5 Å². The molecule has 2 heterocycles. The second-order valence-electron chi connectivity index (χ2n) is 5.13. The molecular weight excluding hydrogens is 260 g/mol. The second-order valence-corrected chi connectivity index (χ2v) is 6.11. The maximum atomic E-state index is 11.8. The van der Waals surface area contributed by atoms with E-state index in [2.05, 4.69) is 41.5 Å². The molecule has 0 atom stereocenters. The summed E-state index contributed by atoms with van der Waals surface area (Å²) in [7, 11) is 0. The van der Waals surface area contributed by atoms with Crippen LogP contribution in [0.4, 0.5) is 0 Å². The minimum Gasteiger partial charge on any atom is -0.281 e. The Bertz CT molecular complexity index is 578. The highest BCUT2D eigenvalue weighted by Crippen LogP contribution is 2.20. The van der Waals surface area contributed by atoms with Crippen LogP contribution >= 0.6 is 11.3 Å². The normalized spacial score (nSPS) is 11.9. The van der Waals surface area contributed by atoms with Crippen molar-refractivity contribution < 1.29 is 4.79 Å². The maximum absolute atomic E-state index is 11.8. The van der Waals surface area contributed by atoms with Gasteiger partial charge in [0.1, 0.15) is 0 Å². The first-order valence-corrected chi connectivity index (χ1v) is 6.77. The molecule has 2 aromatic rings. The van der Waals surface area contributed by atoms with Gasteiger partial charge in [0.2, 0.25) is 0 Å². The summed E-state index contributed by atoms with van der Waals surface area (Å²) in [6, 6.07) is 5.60. The number of carbonyl (C=O) groups excluding carboxylic acids is 1. The number of aromatic amines is 1. The summed E-state index contributed by atoms with van der Waals surface area (Å²) in [4.78, 5) is 12.8. The molecule has 0 fully saturated rings. The predicted molar refractivity (Wildman–Crippen MR) is 76.7 cm³/mol. The zero-order valence-corrected chi connectivity index (χ0v) is 11.9. The molecule has 5 nitrogen and oxygen atoms in total. The van der Waals surface area contributed by atoms with Gasteiger partial charge in [-0.2, -0.15) is 10.2 Å². The molecule has 100 valence electrons. The number of thiophene rings is 1. The van der Waals surface area contributed by atoms with E-state index < -0.39 is 0 Å². The Morgan fingerprint density at radius 2 is 2.32 bits per heavy atom. The molecule has 0 aliphatic rings. The summed E-state index contributed by atoms with van der Waals surface area (Å²) in [5.41, 5.74) is 3.65. The number of H-pyrrole nitrogens is 1. The largest absolute Gasteiger partial charge is 0.291 e. The van der Waals surface area contributed by atoms with Crippen LogP contribution in [0.3, 0.4) is 0 Å². The fourth-order valence-corrected chi connectivity index (χ4v) is 1.98. The van der Waals surface area contributed by atoms with Gasteiger partial charge in [0.15, 0.2) is 5.69 Å². The Balaban J connectivity index is 1.99. The number of nitrogens with one attached hydrogen (secondary N) is 2. The van der Waals surface area contributed by atoms with Crippen molar-refractivity contribution in [2.45, 2.75) is 26.2 Å². The van der Waals surface area contributed by atoms with Crippen LogP contribution in [0.15, 0.2) is 28.7 Å². The van der Waals surface area contributed by atoms with E-state index in [9.17, 15) is 4.79 Å². The first kappa shape index (κ1) is 13.5. The van der Waals surface area contributed by atoms with E-state index in [1.807, 2.05) is 17.5 Å². The van der Waals surface area contributed by atoms with Crippen LogP contribution in [-0.4, -0.2) is 22.3 Å². The van der Waals surface area contributed by atoms with Crippen LogP contribution in [0.5, 0.6) is 0 Å². The van der Waals surface area contributed by atoms with Gasteiger partial charge >= 0.3 is 0 Å². The van der Waals surface area contributed by atoms with Crippen molar-refractivity contribution in [3.63, 3.8) is 0 Å². The highest BCUT2D eigenvalue weighted by molar-refractivity contribution is 7.11. The first-order valence-electron chi connectivity index (χ1n) is 5.89. The number of rotatable bonds is 3. The molecule has 2 aromatic heterocycles. The molecule has 2 N–H and O–H groups in total. The zero-order chi connectivity index (χ0) is 13.9. The van der Waals surface area contributed by atoms with E-state index in [1.165, 1.54) is 0 Å². The molecule has 0 aliphatic carbocycles. The van der Waals surface area contributed by atoms with Gasteiger partial charge in [0.25, 0.3) is 5.91 Å². The van der Waals surface area contributed by atoms with E-state index in [0.717, 1.165) is 10.6 Å². The number of amides is 1. The van der Waals surface area contributed by atoms with Gasteiger partial charge in [-0.1, -0.05) is 26.8 Å². The van der Waals surface area contributed by atoms with Crippen LogP contribution in [0.1, 0.15) is 41.8 Å². The third-order valence-electron chi connectivity index (χ3n) is 2.52. The third-order valence-corrected chi connectivity index (χ3v) is 3.33. The molecular formula is C13H16N4OS. The SMILES string of the molecule is CC(C)(C)c1cc(C(=O)N/N=C/c2cccs2)n[nH]1. The lowest BCUT2D eigenvalue weighted by Crippen LogP contribution is -2.18. The highest BCUT2D eigenvalue weighted by atomic mass is 32.1. The van der Waals surface area contributed by atoms with Crippen LogP contribution in [0, 0.1) is 0 Å². The molecule has 6 heteroatoms. The van der Waals surface area contributed by atoms with Gasteiger partial charge in [-0.3, -0.25) is 9.89 Å². The summed E-state index contributed by atoms with van der Waals surface area (Å²) in [5.74, 6) is -0.320. The monoisotopic (exact) mass is 276 g/mol. The van der Waals surface area contributed by atoms with Gasteiger partial charge in [-0.15, -0.1) is 11.3 Å². The summed E-state index contributed by atoms with van der Waals surface area (Å²) < 4.78 is 0. The Kier molecular flexibility index (Phi) is 3.80. The lowest BCUT2D eigenvalue weighted by atomic mass is 9.92. The van der Waals surface area contributed by atoms with E-state index in [0.29, 0.717) is 5.69 Å². The van der Waals surface area contributed by atoms with Crippen LogP contribution in [-0.2, 0) is 5.41 Å². The van der Waals surface area contributed by atoms with E-state index in [1.54, 1.807) is 23.6 Å². The lowest BCUT2D eigenvalue weighted by molar-refractivity contribution is 0.0950. The molecule has 19 heavy (non-hydrogen) atoms. The summed E-state index contributed by atoms with van der Waals surface area (Å²) in [6.07, 6.45) is 1.61. The Morgan fingerprint density at radius 1 is 1.53 bits per heavy atom. The zero-order valence-electron chi connectivity index (χ0n) is 11.1. The number of nitrogens with zero attached hydrogens (tertiary/aromatic N) is 2. The smallest absolute Gasteiger partial charge is 0.281 e. The van der Waals surface area contributed by atoms with Gasteiger partial charge in [0, 0.05) is 16.0 Å². The van der Waals surface area contributed by atoms with Crippen molar-refractivity contribution in [3.8, 4) is 0 Å². The lowest BCUT2D eigenvalue weighted by Gasteiger charge is -2.14. The van der Waals surface area contributed by atoms with Crippen molar-refractivity contribution in [3.05, 3.63) is 39.8 Å². The molecule has 0 saturated heterocycles. The minimum atomic E-state index is -0.320. The topological polar surface area (TPSA) is 70.1 Å². The van der Waals surface area contributed by atoms with Crippen molar-refractivity contribution in [1.82, 2.24) is 15.6 Å². The Morgan fingerprint density at radius 3 is 2.89 bits per heavy atom. The highest BCUT2D eigenvalue weighted by Gasteiger charge is 2.18. The van der Waals surface area contributed by atoms with Gasteiger partial charge in [-0.25, -0.2) is 5.43 Å². The Labute approximate surface area is 115 Å². The standard InChI is InChI=1S/C13H16N4OS/c1-13(2,3)11-7-10(15-16-11)12(18)17-14-8-9-5-4-6-19-9/h4-8H,1-3H3,(H,15,16)(H,17,18)/b14-8+. The number of carbonyl (C=O) groups is 1. The van der Waals surface area contributed by atoms with Crippen molar-refractivity contribution in [2.24, 2.45) is 5.10 Å². The molecule has 0 aliphatic heterocycles. The Hall–Kier alpha value is -1.95. The number of aromatic nitrogens is 2. The average Bonchev–Trinajstić information content (AvgIpc) is 2.99. The van der Waals surface area contributed by atoms with E-state index in [4.69, 9.17) is 0 Å². The summed E-state index contributed by atoms with van der Waals surface area (Å²) in [5, 5.41) is 12.7. The fourth-order valence-electron chi connectivity index (χ4n) is 1.40. The number of hydrogen-bond acceptors (Lipinski definition) is 4. The average molecular weight is 276 g/mol. The van der Waals surface area contributed by atoms with Gasteiger partial charge < -0.3 is 0 Å². The van der Waals surface area contributed by atoms with Crippen LogP contribution in [0.2, 0.25) is 0 Å². The summed E-state index contributed by atoms with van der Waals surface area (Å²) in [6.45, 7) is 6.16. The molecule has 0 unspecified atom stereocenters. The fraction of sp³-hybridized carbons (Fsp3) is 0.308. The molecule has 0 bridgehead atoms. The quantitative estimate of drug-likeness (QED) is 0.668. The molecule has 0 spiro atoms. The van der Waals surface area contributed by atoms with Gasteiger partial charge in [0.05, 0.1) is 6.21 Å². The first-order chi connectivity index (χ1) is 8.97.